The molecule has 27 heavy (non-hydrogen) atoms. The number of amides is 2. The van der Waals surface area contributed by atoms with E-state index < -0.39 is 17.8 Å². The molecule has 1 N–H and O–H groups in total. The fourth-order valence-electron chi connectivity index (χ4n) is 2.53. The van der Waals surface area contributed by atoms with E-state index in [0.29, 0.717) is 21.5 Å². The van der Waals surface area contributed by atoms with E-state index in [1.54, 1.807) is 36.4 Å². The van der Waals surface area contributed by atoms with Crippen molar-refractivity contribution in [2.24, 2.45) is 0 Å². The van der Waals surface area contributed by atoms with Crippen molar-refractivity contribution in [1.82, 2.24) is 5.43 Å². The molecule has 2 aromatic rings. The molecule has 0 spiro atoms. The summed E-state index contributed by atoms with van der Waals surface area (Å²) in [6, 6.07) is 11.9. The van der Waals surface area contributed by atoms with Gasteiger partial charge in [-0.05, 0) is 35.9 Å². The fraction of sp³-hybridized carbons (Fsp3) is 0.105. The number of hydrogen-bond acceptors (Lipinski definition) is 5. The van der Waals surface area contributed by atoms with Gasteiger partial charge in [-0.2, -0.15) is 0 Å². The molecule has 1 aliphatic rings. The van der Waals surface area contributed by atoms with Gasteiger partial charge in [-0.25, -0.2) is 5.01 Å². The number of esters is 1. The first-order valence-electron chi connectivity index (χ1n) is 7.89. The smallest absolute Gasteiger partial charge is 0.308 e. The highest BCUT2D eigenvalue weighted by atomic mass is 79.9. The molecule has 1 heterocycles. The van der Waals surface area contributed by atoms with E-state index in [1.165, 1.54) is 25.1 Å². The summed E-state index contributed by atoms with van der Waals surface area (Å²) in [5.74, 6) is -0.951. The zero-order valence-electron chi connectivity index (χ0n) is 14.5. The van der Waals surface area contributed by atoms with Gasteiger partial charge in [-0.15, -0.1) is 0 Å². The number of ether oxygens (including phenoxy) is 2. The molecular weight excluding hydrogens is 416 g/mol. The first kappa shape index (κ1) is 18.7. The second kappa shape index (κ2) is 7.63. The third-order valence-electron chi connectivity index (χ3n) is 3.74. The summed E-state index contributed by atoms with van der Waals surface area (Å²) in [4.78, 5) is 36.2. The number of para-hydroxylation sites is 1. The maximum Gasteiger partial charge on any atom is 0.308 e. The summed E-state index contributed by atoms with van der Waals surface area (Å²) in [6.07, 6.45) is 1.45. The van der Waals surface area contributed by atoms with E-state index in [9.17, 15) is 14.4 Å². The molecule has 1 aliphatic heterocycles. The Morgan fingerprint density at radius 2 is 1.85 bits per heavy atom. The Labute approximate surface area is 163 Å². The third kappa shape index (κ3) is 3.85. The summed E-state index contributed by atoms with van der Waals surface area (Å²) in [5.41, 5.74) is 3.59. The summed E-state index contributed by atoms with van der Waals surface area (Å²) in [6.45, 7) is 1.28. The highest BCUT2D eigenvalue weighted by Gasteiger charge is 2.34. The van der Waals surface area contributed by atoms with E-state index in [-0.39, 0.29) is 11.3 Å². The second-order valence-electron chi connectivity index (χ2n) is 5.59. The van der Waals surface area contributed by atoms with Crippen molar-refractivity contribution in [3.05, 3.63) is 58.1 Å². The Bertz CT molecular complexity index is 956. The van der Waals surface area contributed by atoms with Gasteiger partial charge in [0.15, 0.2) is 11.5 Å². The van der Waals surface area contributed by atoms with Crippen molar-refractivity contribution < 1.29 is 23.9 Å². The van der Waals surface area contributed by atoms with Crippen LogP contribution in [0.1, 0.15) is 12.5 Å². The van der Waals surface area contributed by atoms with Crippen LogP contribution < -0.4 is 19.9 Å². The molecule has 1 fully saturated rings. The minimum Gasteiger partial charge on any atom is -0.493 e. The standard InChI is InChI=1S/C19H15BrN2O5/c1-11(23)27-17-10-15(20)12(9-16(17)26-2)8-14-18(24)21-22(19(14)25)13-6-4-3-5-7-13/h3-10H,1-2H3,(H,21,24). The molecule has 0 aliphatic carbocycles. The molecule has 8 heteroatoms. The quantitative estimate of drug-likeness (QED) is 0.348. The Morgan fingerprint density at radius 3 is 2.48 bits per heavy atom. The molecule has 7 nitrogen and oxygen atoms in total. The number of nitrogens with one attached hydrogen (secondary N) is 1. The number of hydrazine groups is 1. The van der Waals surface area contributed by atoms with Crippen LogP contribution in [0.5, 0.6) is 11.5 Å². The third-order valence-corrected chi connectivity index (χ3v) is 4.43. The molecule has 138 valence electrons. The number of hydrogen-bond donors (Lipinski definition) is 1. The predicted octanol–water partition coefficient (Wildman–Crippen LogP) is 2.84. The predicted molar refractivity (Wildman–Crippen MR) is 102 cm³/mol. The minimum atomic E-state index is -0.515. The van der Waals surface area contributed by atoms with Gasteiger partial charge >= 0.3 is 5.97 Å². The number of rotatable bonds is 4. The number of methoxy groups -OCH3 is 1. The van der Waals surface area contributed by atoms with Crippen LogP contribution in [0.15, 0.2) is 52.5 Å². The number of anilines is 1. The van der Waals surface area contributed by atoms with Crippen LogP contribution in [0, 0.1) is 0 Å². The Balaban J connectivity index is 1.97. The Kier molecular flexibility index (Phi) is 5.27. The van der Waals surface area contributed by atoms with E-state index in [1.807, 2.05) is 6.07 Å². The minimum absolute atomic E-state index is 0.0261. The first-order valence-corrected chi connectivity index (χ1v) is 8.68. The summed E-state index contributed by atoms with van der Waals surface area (Å²) < 4.78 is 10.9. The Hall–Kier alpha value is -3.13. The average Bonchev–Trinajstić information content (AvgIpc) is 2.92. The van der Waals surface area contributed by atoms with Crippen LogP contribution in [0.3, 0.4) is 0 Å². The summed E-state index contributed by atoms with van der Waals surface area (Å²) in [7, 11) is 1.43. The van der Waals surface area contributed by atoms with Gasteiger partial charge in [0.05, 0.1) is 12.8 Å². The van der Waals surface area contributed by atoms with Gasteiger partial charge in [-0.1, -0.05) is 34.1 Å². The first-order chi connectivity index (χ1) is 12.9. The van der Waals surface area contributed by atoms with Crippen molar-refractivity contribution in [3.63, 3.8) is 0 Å². The molecule has 3 rings (SSSR count). The molecular formula is C19H15BrN2O5. The SMILES string of the molecule is COc1cc(C=C2C(=O)NN(c3ccccc3)C2=O)c(Br)cc1OC(C)=O. The number of carbonyl (C=O) groups is 3. The van der Waals surface area contributed by atoms with Crippen molar-refractivity contribution in [2.45, 2.75) is 6.92 Å². The van der Waals surface area contributed by atoms with Crippen LogP contribution in [0.2, 0.25) is 0 Å². The van der Waals surface area contributed by atoms with Gasteiger partial charge < -0.3 is 9.47 Å². The molecule has 0 radical (unpaired) electrons. The lowest BCUT2D eigenvalue weighted by Crippen LogP contribution is -2.35. The van der Waals surface area contributed by atoms with Crippen LogP contribution in [-0.4, -0.2) is 24.9 Å². The van der Waals surface area contributed by atoms with Gasteiger partial charge in [0, 0.05) is 11.4 Å². The second-order valence-corrected chi connectivity index (χ2v) is 6.45. The maximum absolute atomic E-state index is 12.7. The largest absolute Gasteiger partial charge is 0.493 e. The van der Waals surface area contributed by atoms with Gasteiger partial charge in [-0.3, -0.25) is 19.8 Å². The lowest BCUT2D eigenvalue weighted by Gasteiger charge is -2.14. The van der Waals surface area contributed by atoms with E-state index in [2.05, 4.69) is 21.4 Å². The molecule has 0 saturated carbocycles. The number of halogens is 1. The summed E-state index contributed by atoms with van der Waals surface area (Å²) in [5, 5.41) is 1.19. The lowest BCUT2D eigenvalue weighted by molar-refractivity contribution is -0.132. The normalized spacial score (nSPS) is 15.1. The molecule has 0 atom stereocenters. The topological polar surface area (TPSA) is 84.9 Å². The molecule has 2 amide bonds. The summed E-state index contributed by atoms with van der Waals surface area (Å²) >= 11 is 3.36. The average molecular weight is 431 g/mol. The maximum atomic E-state index is 12.7. The molecule has 1 saturated heterocycles. The molecule has 0 bridgehead atoms. The van der Waals surface area contributed by atoms with E-state index in [0.717, 1.165) is 0 Å². The van der Waals surface area contributed by atoms with Crippen LogP contribution in [-0.2, 0) is 14.4 Å². The van der Waals surface area contributed by atoms with Crippen molar-refractivity contribution in [2.75, 3.05) is 12.1 Å². The van der Waals surface area contributed by atoms with E-state index in [4.69, 9.17) is 9.47 Å². The number of carbonyl (C=O) groups excluding carboxylic acids is 3. The van der Waals surface area contributed by atoms with Gasteiger partial charge in [0.1, 0.15) is 5.57 Å². The molecule has 0 aromatic heterocycles. The zero-order chi connectivity index (χ0) is 19.6. The Morgan fingerprint density at radius 1 is 1.15 bits per heavy atom. The van der Waals surface area contributed by atoms with E-state index >= 15 is 0 Å². The van der Waals surface area contributed by atoms with Crippen molar-refractivity contribution in [3.8, 4) is 11.5 Å². The molecule has 0 unspecified atom stereocenters. The van der Waals surface area contributed by atoms with Gasteiger partial charge in [0.2, 0.25) is 0 Å². The molecule has 2 aromatic carbocycles. The monoisotopic (exact) mass is 430 g/mol. The van der Waals surface area contributed by atoms with Crippen molar-refractivity contribution in [1.29, 1.82) is 0 Å². The fourth-order valence-corrected chi connectivity index (χ4v) is 2.96. The lowest BCUT2D eigenvalue weighted by atomic mass is 10.1. The van der Waals surface area contributed by atoms with Crippen LogP contribution >= 0.6 is 15.9 Å². The van der Waals surface area contributed by atoms with Crippen LogP contribution in [0.4, 0.5) is 5.69 Å². The number of nitrogens with zero attached hydrogens (tertiary/aromatic N) is 1. The highest BCUT2D eigenvalue weighted by molar-refractivity contribution is 9.10. The van der Waals surface area contributed by atoms with Crippen molar-refractivity contribution >= 4 is 45.5 Å². The zero-order valence-corrected chi connectivity index (χ0v) is 16.1. The number of benzene rings is 2. The van der Waals surface area contributed by atoms with Gasteiger partial charge in [0.25, 0.3) is 11.8 Å². The highest BCUT2D eigenvalue weighted by Crippen LogP contribution is 2.35. The van der Waals surface area contributed by atoms with Crippen LogP contribution in [0.25, 0.3) is 6.08 Å².